The van der Waals surface area contributed by atoms with E-state index < -0.39 is 11.9 Å². The van der Waals surface area contributed by atoms with Crippen LogP contribution in [-0.2, 0) is 0 Å². The Balaban J connectivity index is 2.00. The molecule has 2 aromatic rings. The van der Waals surface area contributed by atoms with Crippen molar-refractivity contribution in [3.8, 4) is 0 Å². The van der Waals surface area contributed by atoms with Gasteiger partial charge in [0.1, 0.15) is 0 Å². The second-order valence-electron chi connectivity index (χ2n) is 5.68. The molecule has 1 fully saturated rings. The molecule has 1 aliphatic carbocycles. The summed E-state index contributed by atoms with van der Waals surface area (Å²) < 4.78 is 14.3. The van der Waals surface area contributed by atoms with Crippen molar-refractivity contribution in [1.29, 1.82) is 0 Å². The molecule has 1 aromatic heterocycles. The lowest BCUT2D eigenvalue weighted by Gasteiger charge is -2.24. The fourth-order valence-corrected chi connectivity index (χ4v) is 3.02. The number of fused-ring (bicyclic) bond motifs is 1. The number of nitrogens with two attached hydrogens (primary N) is 1. The number of hydrogen-bond donors (Lipinski definition) is 3. The van der Waals surface area contributed by atoms with Crippen molar-refractivity contribution in [1.82, 2.24) is 4.98 Å². The number of halogens is 1. The maximum atomic E-state index is 14.3. The lowest BCUT2D eigenvalue weighted by atomic mass is 10.0. The van der Waals surface area contributed by atoms with E-state index in [9.17, 15) is 9.50 Å². The summed E-state index contributed by atoms with van der Waals surface area (Å²) in [5.41, 5.74) is 7.09. The van der Waals surface area contributed by atoms with E-state index in [1.54, 1.807) is 12.3 Å². The van der Waals surface area contributed by atoms with Crippen molar-refractivity contribution in [2.24, 2.45) is 0 Å². The van der Waals surface area contributed by atoms with Crippen LogP contribution < -0.4 is 11.1 Å². The molecule has 5 heteroatoms. The van der Waals surface area contributed by atoms with Gasteiger partial charge in [-0.3, -0.25) is 4.98 Å². The summed E-state index contributed by atoms with van der Waals surface area (Å²) in [6.07, 6.45) is 5.91. The quantitative estimate of drug-likeness (QED) is 0.587. The molecule has 4 nitrogen and oxygen atoms in total. The summed E-state index contributed by atoms with van der Waals surface area (Å²) in [4.78, 5) is 4.25. The predicted molar refractivity (Wildman–Crippen MR) is 82.6 cm³/mol. The first kappa shape index (κ1) is 14.1. The highest BCUT2D eigenvalue weighted by molar-refractivity contribution is 5.98. The number of benzene rings is 1. The topological polar surface area (TPSA) is 71.2 Å². The molecule has 21 heavy (non-hydrogen) atoms. The first-order valence-corrected chi connectivity index (χ1v) is 7.44. The van der Waals surface area contributed by atoms with Gasteiger partial charge in [0.05, 0.1) is 23.3 Å². The summed E-state index contributed by atoms with van der Waals surface area (Å²) in [6.45, 7) is 0. The molecule has 0 amide bonds. The first-order valence-electron chi connectivity index (χ1n) is 7.44. The van der Waals surface area contributed by atoms with Gasteiger partial charge in [-0.1, -0.05) is 19.3 Å². The standard InChI is InChI=1S/C16H20FN3O/c17-11-9-12(18)10-5-4-8-19-15(10)16(11)20-13-6-2-1-3-7-14(13)21/h4-5,8-9,13-14,20-21H,1-3,6-7,18H2. The van der Waals surface area contributed by atoms with Crippen LogP contribution in [0, 0.1) is 5.82 Å². The molecule has 2 unspecified atom stereocenters. The van der Waals surface area contributed by atoms with Gasteiger partial charge in [-0.15, -0.1) is 0 Å². The molecule has 0 radical (unpaired) electrons. The van der Waals surface area contributed by atoms with Gasteiger partial charge in [-0.25, -0.2) is 4.39 Å². The first-order chi connectivity index (χ1) is 10.2. The van der Waals surface area contributed by atoms with Crippen LogP contribution in [0.2, 0.25) is 0 Å². The third-order valence-corrected chi connectivity index (χ3v) is 4.19. The van der Waals surface area contributed by atoms with E-state index in [1.807, 2.05) is 6.07 Å². The average molecular weight is 289 g/mol. The largest absolute Gasteiger partial charge is 0.398 e. The van der Waals surface area contributed by atoms with E-state index in [-0.39, 0.29) is 6.04 Å². The highest BCUT2D eigenvalue weighted by Gasteiger charge is 2.23. The molecule has 0 bridgehead atoms. The molecule has 0 spiro atoms. The fourth-order valence-electron chi connectivity index (χ4n) is 3.02. The Morgan fingerprint density at radius 3 is 2.95 bits per heavy atom. The van der Waals surface area contributed by atoms with E-state index in [0.29, 0.717) is 16.9 Å². The van der Waals surface area contributed by atoms with Crippen LogP contribution in [0.4, 0.5) is 15.8 Å². The number of pyridine rings is 1. The maximum Gasteiger partial charge on any atom is 0.150 e. The number of aliphatic hydroxyl groups is 1. The number of aromatic nitrogens is 1. The highest BCUT2D eigenvalue weighted by atomic mass is 19.1. The van der Waals surface area contributed by atoms with Crippen LogP contribution >= 0.6 is 0 Å². The molecular weight excluding hydrogens is 269 g/mol. The number of nitrogens with one attached hydrogen (secondary N) is 1. The molecule has 0 saturated heterocycles. The van der Waals surface area contributed by atoms with Gasteiger partial charge in [0.15, 0.2) is 5.82 Å². The van der Waals surface area contributed by atoms with Crippen LogP contribution in [-0.4, -0.2) is 22.2 Å². The number of rotatable bonds is 2. The Kier molecular flexibility index (Phi) is 3.92. The SMILES string of the molecule is Nc1cc(F)c(NC2CCCCCC2O)c2ncccc12. The van der Waals surface area contributed by atoms with Crippen molar-refractivity contribution in [2.45, 2.75) is 44.2 Å². The Hall–Kier alpha value is -1.88. The minimum absolute atomic E-state index is 0.143. The molecule has 0 aliphatic heterocycles. The summed E-state index contributed by atoms with van der Waals surface area (Å²) in [5.74, 6) is -0.421. The molecule has 3 rings (SSSR count). The zero-order chi connectivity index (χ0) is 14.8. The Morgan fingerprint density at radius 2 is 2.10 bits per heavy atom. The summed E-state index contributed by atoms with van der Waals surface area (Å²) in [5, 5.41) is 14.1. The van der Waals surface area contributed by atoms with E-state index in [1.165, 1.54) is 6.07 Å². The molecule has 1 heterocycles. The van der Waals surface area contributed by atoms with Crippen LogP contribution in [0.15, 0.2) is 24.4 Å². The summed E-state index contributed by atoms with van der Waals surface area (Å²) >= 11 is 0. The van der Waals surface area contributed by atoms with Gasteiger partial charge < -0.3 is 16.2 Å². The zero-order valence-electron chi connectivity index (χ0n) is 11.8. The minimum Gasteiger partial charge on any atom is -0.398 e. The molecule has 1 aromatic carbocycles. The second-order valence-corrected chi connectivity index (χ2v) is 5.68. The van der Waals surface area contributed by atoms with Gasteiger partial charge in [-0.05, 0) is 31.0 Å². The number of anilines is 2. The van der Waals surface area contributed by atoms with Crippen molar-refractivity contribution in [2.75, 3.05) is 11.1 Å². The molecule has 112 valence electrons. The highest BCUT2D eigenvalue weighted by Crippen LogP contribution is 2.31. The van der Waals surface area contributed by atoms with E-state index in [0.717, 1.165) is 37.5 Å². The number of hydrogen-bond acceptors (Lipinski definition) is 4. The van der Waals surface area contributed by atoms with Crippen LogP contribution in [0.25, 0.3) is 10.9 Å². The molecule has 1 aliphatic rings. The Morgan fingerprint density at radius 1 is 1.29 bits per heavy atom. The van der Waals surface area contributed by atoms with Gasteiger partial charge in [0, 0.05) is 17.3 Å². The van der Waals surface area contributed by atoms with Crippen molar-refractivity contribution in [3.63, 3.8) is 0 Å². The Bertz CT molecular complexity index is 647. The average Bonchev–Trinajstić information content (AvgIpc) is 2.68. The van der Waals surface area contributed by atoms with Crippen molar-refractivity contribution in [3.05, 3.63) is 30.2 Å². The monoisotopic (exact) mass is 289 g/mol. The fraction of sp³-hybridized carbons (Fsp3) is 0.438. The lowest BCUT2D eigenvalue weighted by molar-refractivity contribution is 0.144. The van der Waals surface area contributed by atoms with Gasteiger partial charge in [-0.2, -0.15) is 0 Å². The van der Waals surface area contributed by atoms with Gasteiger partial charge in [0.2, 0.25) is 0 Å². The van der Waals surface area contributed by atoms with Crippen LogP contribution in [0.5, 0.6) is 0 Å². The van der Waals surface area contributed by atoms with Gasteiger partial charge >= 0.3 is 0 Å². The van der Waals surface area contributed by atoms with E-state index in [2.05, 4.69) is 10.3 Å². The van der Waals surface area contributed by atoms with Crippen LogP contribution in [0.3, 0.4) is 0 Å². The normalized spacial score (nSPS) is 23.0. The van der Waals surface area contributed by atoms with Crippen LogP contribution in [0.1, 0.15) is 32.1 Å². The third-order valence-electron chi connectivity index (χ3n) is 4.19. The molecule has 4 N–H and O–H groups in total. The number of aliphatic hydroxyl groups excluding tert-OH is 1. The molecule has 1 saturated carbocycles. The van der Waals surface area contributed by atoms with Crippen molar-refractivity contribution < 1.29 is 9.50 Å². The molecule has 2 atom stereocenters. The summed E-state index contributed by atoms with van der Waals surface area (Å²) in [7, 11) is 0. The lowest BCUT2D eigenvalue weighted by Crippen LogP contribution is -2.33. The number of nitrogens with zero attached hydrogens (tertiary/aromatic N) is 1. The van der Waals surface area contributed by atoms with E-state index >= 15 is 0 Å². The maximum absolute atomic E-state index is 14.3. The number of nitrogen functional groups attached to an aromatic ring is 1. The molecular formula is C16H20FN3O. The second kappa shape index (κ2) is 5.85. The van der Waals surface area contributed by atoms with Gasteiger partial charge in [0.25, 0.3) is 0 Å². The smallest absolute Gasteiger partial charge is 0.150 e. The summed E-state index contributed by atoms with van der Waals surface area (Å²) in [6, 6.07) is 4.78. The predicted octanol–water partition coefficient (Wildman–Crippen LogP) is 3.06. The zero-order valence-corrected chi connectivity index (χ0v) is 11.8. The Labute approximate surface area is 123 Å². The minimum atomic E-state index is -0.455. The van der Waals surface area contributed by atoms with Crippen molar-refractivity contribution >= 4 is 22.3 Å². The third kappa shape index (κ3) is 2.78. The van der Waals surface area contributed by atoms with E-state index in [4.69, 9.17) is 5.73 Å².